The molecule has 9 nitrogen and oxygen atoms in total. The van der Waals surface area contributed by atoms with Crippen LogP contribution in [0.15, 0.2) is 16.9 Å². The topological polar surface area (TPSA) is 129 Å². The maximum absolute atomic E-state index is 12.5. The number of nitrogens with one attached hydrogen (secondary N) is 2. The van der Waals surface area contributed by atoms with Crippen LogP contribution in [0.3, 0.4) is 0 Å². The molecule has 128 valence electrons. The summed E-state index contributed by atoms with van der Waals surface area (Å²) >= 11 is 0. The molecule has 0 amide bonds. The van der Waals surface area contributed by atoms with Gasteiger partial charge in [-0.3, -0.25) is 9.48 Å². The van der Waals surface area contributed by atoms with Gasteiger partial charge in [0.05, 0.1) is 30.7 Å². The van der Waals surface area contributed by atoms with Gasteiger partial charge in [-0.1, -0.05) is 0 Å². The van der Waals surface area contributed by atoms with Crippen LogP contribution in [0.25, 0.3) is 0 Å². The molecule has 1 aliphatic rings. The molecule has 2 heterocycles. The molecule has 0 fully saturated rings. The van der Waals surface area contributed by atoms with Crippen molar-refractivity contribution in [1.29, 1.82) is 0 Å². The molecule has 0 saturated carbocycles. The highest BCUT2D eigenvalue weighted by Crippen LogP contribution is 2.35. The zero-order valence-corrected chi connectivity index (χ0v) is 13.3. The quantitative estimate of drug-likeness (QED) is 0.450. The highest BCUT2D eigenvalue weighted by atomic mass is 16.5. The van der Waals surface area contributed by atoms with Crippen molar-refractivity contribution in [3.63, 3.8) is 0 Å². The highest BCUT2D eigenvalue weighted by Gasteiger charge is 2.22. The van der Waals surface area contributed by atoms with Gasteiger partial charge in [-0.2, -0.15) is 0 Å². The first-order chi connectivity index (χ1) is 11.6. The van der Waals surface area contributed by atoms with E-state index >= 15 is 0 Å². The van der Waals surface area contributed by atoms with Crippen LogP contribution in [0.1, 0.15) is 6.42 Å². The zero-order valence-electron chi connectivity index (χ0n) is 13.3. The van der Waals surface area contributed by atoms with Crippen LogP contribution in [-0.2, 0) is 17.9 Å². The van der Waals surface area contributed by atoms with Crippen LogP contribution < -0.4 is 32.4 Å². The average Bonchev–Trinajstić information content (AvgIpc) is 3.14. The lowest BCUT2D eigenvalue weighted by atomic mass is 10.2. The number of anilines is 5. The number of nitrogens with zero attached hydrogens (tertiary/aromatic N) is 2. The molecule has 0 atom stereocenters. The fourth-order valence-corrected chi connectivity index (χ4v) is 2.87. The summed E-state index contributed by atoms with van der Waals surface area (Å²) in [7, 11) is 1.50. The summed E-state index contributed by atoms with van der Waals surface area (Å²) in [6.07, 6.45) is 1.63. The van der Waals surface area contributed by atoms with E-state index in [4.69, 9.17) is 16.2 Å². The smallest absolute Gasteiger partial charge is 0.292 e. The Labute approximate surface area is 138 Å². The van der Waals surface area contributed by atoms with Crippen molar-refractivity contribution < 1.29 is 9.53 Å². The number of nitrogen functional groups attached to an aromatic ring is 2. The third kappa shape index (κ3) is 2.53. The van der Waals surface area contributed by atoms with Gasteiger partial charge in [0.25, 0.3) is 5.56 Å². The molecule has 0 spiro atoms. The third-order valence-electron chi connectivity index (χ3n) is 4.02. The Kier molecular flexibility index (Phi) is 4.07. The summed E-state index contributed by atoms with van der Waals surface area (Å²) in [5.41, 5.74) is 13.7. The van der Waals surface area contributed by atoms with Gasteiger partial charge in [-0.05, 0) is 12.5 Å². The second kappa shape index (κ2) is 6.19. The van der Waals surface area contributed by atoms with Gasteiger partial charge in [-0.25, -0.2) is 4.68 Å². The van der Waals surface area contributed by atoms with Crippen LogP contribution >= 0.6 is 0 Å². The summed E-state index contributed by atoms with van der Waals surface area (Å²) in [5.74, 6) is 0.842. The molecule has 0 unspecified atom stereocenters. The van der Waals surface area contributed by atoms with Crippen molar-refractivity contribution in [2.45, 2.75) is 19.5 Å². The molecule has 9 heteroatoms. The minimum atomic E-state index is -0.179. The minimum absolute atomic E-state index is 0.112. The molecule has 0 bridgehead atoms. The summed E-state index contributed by atoms with van der Waals surface area (Å²) < 4.78 is 8.60. The van der Waals surface area contributed by atoms with Crippen LogP contribution in [0.5, 0.6) is 5.75 Å². The fraction of sp³-hybridized carbons (Fsp3) is 0.333. The molecule has 24 heavy (non-hydrogen) atoms. The molecule has 6 N–H and O–H groups in total. The van der Waals surface area contributed by atoms with E-state index in [0.29, 0.717) is 47.4 Å². The molecule has 0 radical (unpaired) electrons. The Morgan fingerprint density at radius 1 is 1.25 bits per heavy atom. The Hall–Kier alpha value is -3.10. The van der Waals surface area contributed by atoms with E-state index in [2.05, 4.69) is 10.6 Å². The van der Waals surface area contributed by atoms with Gasteiger partial charge < -0.3 is 31.6 Å². The monoisotopic (exact) mass is 332 g/mol. The van der Waals surface area contributed by atoms with Gasteiger partial charge in [0, 0.05) is 19.2 Å². The van der Waals surface area contributed by atoms with E-state index in [1.807, 2.05) is 0 Å². The third-order valence-corrected chi connectivity index (χ3v) is 4.02. The number of benzene rings is 1. The normalized spacial score (nSPS) is 12.7. The van der Waals surface area contributed by atoms with E-state index in [1.54, 1.807) is 21.5 Å². The van der Waals surface area contributed by atoms with Crippen molar-refractivity contribution in [3.05, 3.63) is 22.5 Å². The molecule has 3 rings (SSSR count). The van der Waals surface area contributed by atoms with Gasteiger partial charge in [0.1, 0.15) is 23.5 Å². The first-order valence-corrected chi connectivity index (χ1v) is 7.58. The number of fused-ring (bicyclic) bond motifs is 1. The minimum Gasteiger partial charge on any atom is -0.495 e. The van der Waals surface area contributed by atoms with Crippen molar-refractivity contribution in [2.24, 2.45) is 0 Å². The largest absolute Gasteiger partial charge is 0.495 e. The van der Waals surface area contributed by atoms with E-state index < -0.39 is 0 Å². The number of carbonyl (C=O) groups is 1. The number of rotatable bonds is 6. The Morgan fingerprint density at radius 3 is 2.67 bits per heavy atom. The molecule has 0 saturated heterocycles. The van der Waals surface area contributed by atoms with E-state index in [0.717, 1.165) is 12.7 Å². The fourth-order valence-electron chi connectivity index (χ4n) is 2.87. The van der Waals surface area contributed by atoms with Gasteiger partial charge in [0.15, 0.2) is 0 Å². The predicted octanol–water partition coefficient (Wildman–Crippen LogP) is 0.581. The number of aromatic nitrogens is 2. The number of hydrogen-bond donors (Lipinski definition) is 4. The Bertz CT molecular complexity index is 839. The van der Waals surface area contributed by atoms with Crippen molar-refractivity contribution in [3.8, 4) is 5.75 Å². The van der Waals surface area contributed by atoms with Gasteiger partial charge in [0.2, 0.25) is 0 Å². The average molecular weight is 332 g/mol. The summed E-state index contributed by atoms with van der Waals surface area (Å²) in [6, 6.07) is 3.30. The first kappa shape index (κ1) is 15.8. The zero-order chi connectivity index (χ0) is 17.3. The Morgan fingerprint density at radius 2 is 2.00 bits per heavy atom. The number of nitrogens with two attached hydrogens (primary N) is 2. The Balaban J connectivity index is 2.03. The maximum Gasteiger partial charge on any atom is 0.292 e. The molecule has 1 aromatic carbocycles. The molecular weight excluding hydrogens is 312 g/mol. The van der Waals surface area contributed by atoms with Crippen molar-refractivity contribution in [2.75, 3.05) is 35.8 Å². The second-order valence-corrected chi connectivity index (χ2v) is 5.48. The summed E-state index contributed by atoms with van der Waals surface area (Å²) in [6.45, 7) is 1.47. The molecule has 0 aliphatic carbocycles. The summed E-state index contributed by atoms with van der Waals surface area (Å²) in [4.78, 5) is 23.1. The lowest BCUT2D eigenvalue weighted by molar-refractivity contribution is -0.106. The first-order valence-electron chi connectivity index (χ1n) is 7.58. The number of carbonyl (C=O) groups excluding carboxylic acids is 1. The molecule has 2 aromatic rings. The van der Waals surface area contributed by atoms with E-state index in [9.17, 15) is 9.59 Å². The van der Waals surface area contributed by atoms with Crippen molar-refractivity contribution in [1.82, 2.24) is 9.36 Å². The van der Waals surface area contributed by atoms with E-state index in [-0.39, 0.29) is 12.1 Å². The number of aldehydes is 1. The van der Waals surface area contributed by atoms with Crippen LogP contribution in [0.4, 0.5) is 28.6 Å². The van der Waals surface area contributed by atoms with Crippen molar-refractivity contribution >= 4 is 34.9 Å². The standard InChI is InChI=1S/C15H20N6O3/c1-24-12-8-11(10(7-9(12)16)18-3-6-22)19-13-14(17)20-4-2-5-21(20)15(13)23/h6-8,18-19H,2-5,16-17H2,1H3. The lowest BCUT2D eigenvalue weighted by Crippen LogP contribution is -2.18. The lowest BCUT2D eigenvalue weighted by Gasteiger charge is -2.15. The highest BCUT2D eigenvalue weighted by molar-refractivity contribution is 5.83. The van der Waals surface area contributed by atoms with Gasteiger partial charge in [-0.15, -0.1) is 0 Å². The van der Waals surface area contributed by atoms with Crippen LogP contribution in [0.2, 0.25) is 0 Å². The predicted molar refractivity (Wildman–Crippen MR) is 93.0 cm³/mol. The maximum atomic E-state index is 12.5. The van der Waals surface area contributed by atoms with E-state index in [1.165, 1.54) is 7.11 Å². The molecular formula is C15H20N6O3. The van der Waals surface area contributed by atoms with Gasteiger partial charge >= 0.3 is 0 Å². The number of methoxy groups -OCH3 is 1. The second-order valence-electron chi connectivity index (χ2n) is 5.48. The number of hydrogen-bond acceptors (Lipinski definition) is 7. The summed E-state index contributed by atoms with van der Waals surface area (Å²) in [5, 5.41) is 6.00. The molecule has 1 aliphatic heterocycles. The molecule has 1 aromatic heterocycles. The van der Waals surface area contributed by atoms with Crippen LogP contribution in [0, 0.1) is 0 Å². The number of ether oxygens (including phenoxy) is 1. The van der Waals surface area contributed by atoms with Crippen LogP contribution in [-0.4, -0.2) is 29.3 Å². The SMILES string of the molecule is COc1cc(Nc2c(N)n3n(c2=O)CCC3)c(NCC=O)cc1N.